The van der Waals surface area contributed by atoms with E-state index in [2.05, 4.69) is 27.4 Å². The van der Waals surface area contributed by atoms with E-state index in [1.165, 1.54) is 11.3 Å². The first-order valence-electron chi connectivity index (χ1n) is 6.18. The normalized spacial score (nSPS) is 14.2. The van der Waals surface area contributed by atoms with Gasteiger partial charge in [0.15, 0.2) is 0 Å². The molecule has 2 heterocycles. The number of nitrogens with zero attached hydrogens (tertiary/aromatic N) is 1. The van der Waals surface area contributed by atoms with Gasteiger partial charge in [0.1, 0.15) is 10.5 Å². The van der Waals surface area contributed by atoms with Gasteiger partial charge < -0.3 is 10.3 Å². The maximum Gasteiger partial charge on any atom is 0.134 e. The van der Waals surface area contributed by atoms with Crippen molar-refractivity contribution in [1.82, 2.24) is 15.3 Å². The highest BCUT2D eigenvalue weighted by Gasteiger charge is 2.12. The highest BCUT2D eigenvalue weighted by Crippen LogP contribution is 2.14. The van der Waals surface area contributed by atoms with Crippen molar-refractivity contribution in [2.24, 2.45) is 0 Å². The monoisotopic (exact) mass is 257 g/mol. The number of aromatic nitrogens is 2. The van der Waals surface area contributed by atoms with Crippen molar-refractivity contribution in [1.29, 1.82) is 0 Å². The van der Waals surface area contributed by atoms with Gasteiger partial charge in [0.05, 0.1) is 0 Å². The number of fused-ring (bicyclic) bond motifs is 1. The van der Waals surface area contributed by atoms with Crippen LogP contribution in [0, 0.1) is 4.64 Å². The summed E-state index contributed by atoms with van der Waals surface area (Å²) < 4.78 is 0.738. The Balaban J connectivity index is 1.94. The number of hydrogen-bond acceptors (Lipinski definition) is 3. The molecule has 3 rings (SSSR count). The zero-order chi connectivity index (χ0) is 12.4. The first-order valence-corrected chi connectivity index (χ1v) is 6.59. The molecule has 0 aliphatic carbocycles. The third kappa shape index (κ3) is 2.35. The highest BCUT2D eigenvalue weighted by atomic mass is 32.1. The van der Waals surface area contributed by atoms with Gasteiger partial charge in [-0.1, -0.05) is 42.5 Å². The van der Waals surface area contributed by atoms with E-state index in [4.69, 9.17) is 12.2 Å². The summed E-state index contributed by atoms with van der Waals surface area (Å²) in [6.07, 6.45) is 1.81. The number of benzene rings is 1. The lowest BCUT2D eigenvalue weighted by Gasteiger charge is -2.17. The largest absolute Gasteiger partial charge is 0.346 e. The highest BCUT2D eigenvalue weighted by molar-refractivity contribution is 7.71. The average Bonchev–Trinajstić information content (AvgIpc) is 2.40. The van der Waals surface area contributed by atoms with Gasteiger partial charge in [-0.2, -0.15) is 0 Å². The van der Waals surface area contributed by atoms with Crippen LogP contribution in [0.5, 0.6) is 0 Å². The minimum Gasteiger partial charge on any atom is -0.346 e. The van der Waals surface area contributed by atoms with E-state index in [-0.39, 0.29) is 0 Å². The van der Waals surface area contributed by atoms with Gasteiger partial charge in [0.2, 0.25) is 0 Å². The molecule has 0 saturated carbocycles. The summed E-state index contributed by atoms with van der Waals surface area (Å²) in [4.78, 5) is 7.94. The molecule has 1 aromatic carbocycles. The van der Waals surface area contributed by atoms with Crippen LogP contribution in [-0.2, 0) is 19.4 Å². The first-order chi connectivity index (χ1) is 8.83. The molecule has 1 aromatic heterocycles. The number of H-pyrrole nitrogens is 1. The topological polar surface area (TPSA) is 40.7 Å². The second-order valence-electron chi connectivity index (χ2n) is 4.53. The fourth-order valence-corrected chi connectivity index (χ4v) is 2.60. The van der Waals surface area contributed by atoms with Gasteiger partial charge in [-0.3, -0.25) is 0 Å². The maximum absolute atomic E-state index is 5.37. The van der Waals surface area contributed by atoms with Crippen LogP contribution in [-0.4, -0.2) is 16.5 Å². The summed E-state index contributed by atoms with van der Waals surface area (Å²) in [5.74, 6) is 0.965. The summed E-state index contributed by atoms with van der Waals surface area (Å²) in [5, 5.41) is 3.32. The van der Waals surface area contributed by atoms with Gasteiger partial charge in [-0.05, 0) is 5.56 Å². The zero-order valence-corrected chi connectivity index (χ0v) is 10.9. The van der Waals surface area contributed by atoms with Crippen LogP contribution in [0.25, 0.3) is 0 Å². The predicted octanol–water partition coefficient (Wildman–Crippen LogP) is 2.38. The Morgan fingerprint density at radius 3 is 2.89 bits per heavy atom. The van der Waals surface area contributed by atoms with Crippen LogP contribution in [0.1, 0.15) is 22.6 Å². The second kappa shape index (κ2) is 5.00. The van der Waals surface area contributed by atoms with E-state index in [0.29, 0.717) is 0 Å². The second-order valence-corrected chi connectivity index (χ2v) is 4.92. The van der Waals surface area contributed by atoms with Crippen LogP contribution >= 0.6 is 12.2 Å². The standard InChI is InChI=1S/C14H15N3S/c18-14-11-9-15-7-6-12(11)16-13(17-14)8-10-4-2-1-3-5-10/h1-5,15H,6-9H2,(H,16,17,18). The van der Waals surface area contributed by atoms with E-state index < -0.39 is 0 Å². The van der Waals surface area contributed by atoms with Gasteiger partial charge in [0, 0.05) is 37.2 Å². The molecule has 1 aliphatic rings. The average molecular weight is 257 g/mol. The number of hydrogen-bond donors (Lipinski definition) is 2. The molecule has 3 nitrogen and oxygen atoms in total. The van der Waals surface area contributed by atoms with Crippen molar-refractivity contribution in [3.63, 3.8) is 0 Å². The molecule has 0 bridgehead atoms. The Bertz CT molecular complexity index is 604. The van der Waals surface area contributed by atoms with Crippen molar-refractivity contribution in [3.05, 3.63) is 57.6 Å². The minimum atomic E-state index is 0.738. The fourth-order valence-electron chi connectivity index (χ4n) is 2.29. The Labute approximate surface area is 111 Å². The molecule has 2 N–H and O–H groups in total. The summed E-state index contributed by atoms with van der Waals surface area (Å²) in [5.41, 5.74) is 3.66. The fraction of sp³-hybridized carbons (Fsp3) is 0.286. The third-order valence-corrected chi connectivity index (χ3v) is 3.56. The van der Waals surface area contributed by atoms with Gasteiger partial charge in [-0.25, -0.2) is 4.98 Å². The lowest BCUT2D eigenvalue weighted by Crippen LogP contribution is -2.26. The molecule has 0 unspecified atom stereocenters. The van der Waals surface area contributed by atoms with Crippen molar-refractivity contribution < 1.29 is 0 Å². The summed E-state index contributed by atoms with van der Waals surface area (Å²) >= 11 is 5.37. The number of nitrogens with one attached hydrogen (secondary N) is 2. The molecule has 0 spiro atoms. The van der Waals surface area contributed by atoms with Crippen LogP contribution in [0.15, 0.2) is 30.3 Å². The lowest BCUT2D eigenvalue weighted by atomic mass is 10.1. The molecule has 0 amide bonds. The smallest absolute Gasteiger partial charge is 0.134 e. The van der Waals surface area contributed by atoms with Crippen LogP contribution < -0.4 is 5.32 Å². The maximum atomic E-state index is 5.37. The third-order valence-electron chi connectivity index (χ3n) is 3.22. The molecule has 0 radical (unpaired) electrons. The van der Waals surface area contributed by atoms with Crippen LogP contribution in [0.3, 0.4) is 0 Å². The Kier molecular flexibility index (Phi) is 3.21. The molecule has 0 fully saturated rings. The van der Waals surface area contributed by atoms with E-state index in [0.717, 1.165) is 42.0 Å². The summed E-state index contributed by atoms with van der Waals surface area (Å²) in [7, 11) is 0. The van der Waals surface area contributed by atoms with E-state index >= 15 is 0 Å². The van der Waals surface area contributed by atoms with E-state index in [9.17, 15) is 0 Å². The molecule has 4 heteroatoms. The Morgan fingerprint density at radius 1 is 1.22 bits per heavy atom. The number of aromatic amines is 1. The van der Waals surface area contributed by atoms with Crippen molar-refractivity contribution >= 4 is 12.2 Å². The van der Waals surface area contributed by atoms with Gasteiger partial charge >= 0.3 is 0 Å². The molecule has 18 heavy (non-hydrogen) atoms. The predicted molar refractivity (Wildman–Crippen MR) is 74.1 cm³/mol. The van der Waals surface area contributed by atoms with Crippen molar-refractivity contribution in [2.45, 2.75) is 19.4 Å². The van der Waals surface area contributed by atoms with E-state index in [1.54, 1.807) is 0 Å². The molecule has 1 aliphatic heterocycles. The Morgan fingerprint density at radius 2 is 2.06 bits per heavy atom. The molecule has 0 saturated heterocycles. The van der Waals surface area contributed by atoms with Crippen molar-refractivity contribution in [3.8, 4) is 0 Å². The minimum absolute atomic E-state index is 0.738. The van der Waals surface area contributed by atoms with E-state index in [1.807, 2.05) is 18.2 Å². The number of rotatable bonds is 2. The lowest BCUT2D eigenvalue weighted by molar-refractivity contribution is 0.619. The molecular weight excluding hydrogens is 242 g/mol. The summed E-state index contributed by atoms with van der Waals surface area (Å²) in [6, 6.07) is 10.3. The molecule has 0 atom stereocenters. The zero-order valence-electron chi connectivity index (χ0n) is 10.1. The quantitative estimate of drug-likeness (QED) is 0.812. The molecule has 2 aromatic rings. The first kappa shape index (κ1) is 11.6. The Hall–Kier alpha value is -1.52. The molecular formula is C14H15N3S. The van der Waals surface area contributed by atoms with Gasteiger partial charge in [0.25, 0.3) is 0 Å². The SMILES string of the molecule is S=c1nc(Cc2ccccc2)[nH]c2c1CNCC2. The van der Waals surface area contributed by atoms with Gasteiger partial charge in [-0.15, -0.1) is 0 Å². The summed E-state index contributed by atoms with van der Waals surface area (Å²) in [6.45, 7) is 1.84. The van der Waals surface area contributed by atoms with Crippen LogP contribution in [0.4, 0.5) is 0 Å². The van der Waals surface area contributed by atoms with Crippen molar-refractivity contribution in [2.75, 3.05) is 6.54 Å². The molecule has 92 valence electrons. The van der Waals surface area contributed by atoms with Crippen LogP contribution in [0.2, 0.25) is 0 Å².